The van der Waals surface area contributed by atoms with E-state index in [4.69, 9.17) is 0 Å². The van der Waals surface area contributed by atoms with Gasteiger partial charge < -0.3 is 14.7 Å². The molecule has 5 nitrogen and oxygen atoms in total. The maximum atomic E-state index is 13.5. The average Bonchev–Trinajstić information content (AvgIpc) is 3.20. The van der Waals surface area contributed by atoms with Gasteiger partial charge >= 0.3 is 0 Å². The maximum absolute atomic E-state index is 13.5. The number of carbonyl (C=O) groups is 2. The molecule has 0 aliphatic carbocycles. The third kappa shape index (κ3) is 2.74. The number of likely N-dealkylation sites (tertiary alicyclic amines) is 2. The molecule has 0 aromatic heterocycles. The molecule has 3 aliphatic heterocycles. The summed E-state index contributed by atoms with van der Waals surface area (Å²) < 4.78 is 0. The highest BCUT2D eigenvalue weighted by Gasteiger charge is 2.52. The summed E-state index contributed by atoms with van der Waals surface area (Å²) in [5, 5.41) is 0. The van der Waals surface area contributed by atoms with E-state index < -0.39 is 0 Å². The molecule has 3 aliphatic rings. The Labute approximate surface area is 149 Å². The van der Waals surface area contributed by atoms with Crippen molar-refractivity contribution in [2.75, 3.05) is 44.7 Å². The standard InChI is InChI=1S/C20H27N3O2/c1-15(24)22-13-17(20(14-22)8-11-21(2)12-9-20)19(25)23-10-7-16-5-3-4-6-18(16)23/h3-6,17H,7-14H2,1-2H3. The van der Waals surface area contributed by atoms with Gasteiger partial charge in [0, 0.05) is 37.7 Å². The zero-order valence-corrected chi connectivity index (χ0v) is 15.2. The molecule has 2 fully saturated rings. The number of amides is 2. The van der Waals surface area contributed by atoms with E-state index >= 15 is 0 Å². The molecule has 0 N–H and O–H groups in total. The second kappa shape index (κ2) is 6.13. The number of hydrogen-bond donors (Lipinski definition) is 0. The van der Waals surface area contributed by atoms with Crippen molar-refractivity contribution >= 4 is 17.5 Å². The van der Waals surface area contributed by atoms with Gasteiger partial charge in [-0.3, -0.25) is 9.59 Å². The van der Waals surface area contributed by atoms with Gasteiger partial charge in [0.15, 0.2) is 0 Å². The van der Waals surface area contributed by atoms with Gasteiger partial charge in [0.05, 0.1) is 5.92 Å². The summed E-state index contributed by atoms with van der Waals surface area (Å²) in [6.45, 7) is 5.72. The highest BCUT2D eigenvalue weighted by molar-refractivity contribution is 5.98. The third-order valence-corrected chi connectivity index (χ3v) is 6.53. The Morgan fingerprint density at radius 1 is 1.12 bits per heavy atom. The largest absolute Gasteiger partial charge is 0.342 e. The molecule has 0 radical (unpaired) electrons. The summed E-state index contributed by atoms with van der Waals surface area (Å²) in [5.41, 5.74) is 2.28. The number of benzene rings is 1. The van der Waals surface area contributed by atoms with Crippen molar-refractivity contribution in [1.82, 2.24) is 9.80 Å². The first kappa shape index (κ1) is 16.6. The first-order valence-electron chi connectivity index (χ1n) is 9.33. The molecule has 0 bridgehead atoms. The zero-order valence-electron chi connectivity index (χ0n) is 15.2. The van der Waals surface area contributed by atoms with Crippen LogP contribution in [0, 0.1) is 11.3 Å². The van der Waals surface area contributed by atoms with Crippen molar-refractivity contribution in [3.63, 3.8) is 0 Å². The average molecular weight is 341 g/mol. The number of rotatable bonds is 1. The summed E-state index contributed by atoms with van der Waals surface area (Å²) >= 11 is 0. The zero-order chi connectivity index (χ0) is 17.6. The van der Waals surface area contributed by atoms with E-state index in [-0.39, 0.29) is 23.1 Å². The van der Waals surface area contributed by atoms with E-state index in [1.165, 1.54) is 5.56 Å². The van der Waals surface area contributed by atoms with Crippen LogP contribution in [0.5, 0.6) is 0 Å². The lowest BCUT2D eigenvalue weighted by molar-refractivity contribution is -0.128. The number of para-hydroxylation sites is 1. The number of fused-ring (bicyclic) bond motifs is 1. The number of piperidine rings is 1. The number of nitrogens with zero attached hydrogens (tertiary/aromatic N) is 3. The van der Waals surface area contributed by atoms with Crippen molar-refractivity contribution in [3.05, 3.63) is 29.8 Å². The summed E-state index contributed by atoms with van der Waals surface area (Å²) in [6.07, 6.45) is 2.93. The Balaban J connectivity index is 1.63. The Hall–Kier alpha value is -1.88. The van der Waals surface area contributed by atoms with Crippen molar-refractivity contribution in [3.8, 4) is 0 Å². The molecule has 1 atom stereocenters. The van der Waals surface area contributed by atoms with Crippen molar-refractivity contribution in [2.45, 2.75) is 26.2 Å². The molecule has 2 saturated heterocycles. The molecule has 1 aromatic carbocycles. The molecule has 1 aromatic rings. The maximum Gasteiger partial charge on any atom is 0.232 e. The van der Waals surface area contributed by atoms with Gasteiger partial charge in [0.2, 0.25) is 11.8 Å². The van der Waals surface area contributed by atoms with Crippen molar-refractivity contribution < 1.29 is 9.59 Å². The van der Waals surface area contributed by atoms with E-state index in [0.29, 0.717) is 6.54 Å². The van der Waals surface area contributed by atoms with Gasteiger partial charge in [-0.25, -0.2) is 0 Å². The Morgan fingerprint density at radius 3 is 2.56 bits per heavy atom. The molecular weight excluding hydrogens is 314 g/mol. The first-order valence-corrected chi connectivity index (χ1v) is 9.33. The third-order valence-electron chi connectivity index (χ3n) is 6.53. The lowest BCUT2D eigenvalue weighted by Gasteiger charge is -2.41. The van der Waals surface area contributed by atoms with Crippen LogP contribution in [-0.2, 0) is 16.0 Å². The second-order valence-electron chi connectivity index (χ2n) is 7.99. The smallest absolute Gasteiger partial charge is 0.232 e. The fraction of sp³-hybridized carbons (Fsp3) is 0.600. The molecule has 0 saturated carbocycles. The molecule has 1 unspecified atom stereocenters. The van der Waals surface area contributed by atoms with Gasteiger partial charge in [-0.2, -0.15) is 0 Å². The fourth-order valence-electron chi connectivity index (χ4n) is 4.87. The highest BCUT2D eigenvalue weighted by atomic mass is 16.2. The molecule has 25 heavy (non-hydrogen) atoms. The monoisotopic (exact) mass is 341 g/mol. The number of hydrogen-bond acceptors (Lipinski definition) is 3. The molecule has 5 heteroatoms. The molecule has 4 rings (SSSR count). The topological polar surface area (TPSA) is 43.9 Å². The van der Waals surface area contributed by atoms with Gasteiger partial charge in [0.1, 0.15) is 0 Å². The van der Waals surface area contributed by atoms with E-state index in [0.717, 1.165) is 51.1 Å². The summed E-state index contributed by atoms with van der Waals surface area (Å²) in [4.78, 5) is 31.7. The van der Waals surface area contributed by atoms with Gasteiger partial charge in [-0.05, 0) is 51.0 Å². The Bertz CT molecular complexity index is 694. The molecule has 2 amide bonds. The first-order chi connectivity index (χ1) is 12.0. The normalized spacial score (nSPS) is 25.4. The quantitative estimate of drug-likeness (QED) is 0.782. The van der Waals surface area contributed by atoms with Crippen LogP contribution in [0.3, 0.4) is 0 Å². The predicted molar refractivity (Wildman–Crippen MR) is 97.4 cm³/mol. The molecule has 3 heterocycles. The number of carbonyl (C=O) groups excluding carboxylic acids is 2. The number of anilines is 1. The highest BCUT2D eigenvalue weighted by Crippen LogP contribution is 2.46. The van der Waals surface area contributed by atoms with Crippen LogP contribution in [0.25, 0.3) is 0 Å². The van der Waals surface area contributed by atoms with Crippen LogP contribution < -0.4 is 4.90 Å². The Morgan fingerprint density at radius 2 is 1.84 bits per heavy atom. The molecule has 1 spiro atoms. The van der Waals surface area contributed by atoms with Crippen LogP contribution in [0.2, 0.25) is 0 Å². The summed E-state index contributed by atoms with van der Waals surface area (Å²) in [5.74, 6) is 0.241. The minimum absolute atomic E-state index is 0.0488. The minimum Gasteiger partial charge on any atom is -0.342 e. The fourth-order valence-corrected chi connectivity index (χ4v) is 4.87. The van der Waals surface area contributed by atoms with Crippen molar-refractivity contribution in [2.24, 2.45) is 11.3 Å². The van der Waals surface area contributed by atoms with E-state index in [9.17, 15) is 9.59 Å². The SMILES string of the molecule is CC(=O)N1CC(C(=O)N2CCc3ccccc32)C2(CCN(C)CC2)C1. The minimum atomic E-state index is -0.0729. The van der Waals surface area contributed by atoms with Crippen LogP contribution in [0.1, 0.15) is 25.3 Å². The van der Waals surface area contributed by atoms with E-state index in [1.807, 2.05) is 21.9 Å². The van der Waals surface area contributed by atoms with Crippen LogP contribution in [-0.4, -0.2) is 61.4 Å². The van der Waals surface area contributed by atoms with Gasteiger partial charge in [0.25, 0.3) is 0 Å². The molecular formula is C20H27N3O2. The van der Waals surface area contributed by atoms with Crippen LogP contribution in [0.4, 0.5) is 5.69 Å². The lowest BCUT2D eigenvalue weighted by atomic mass is 9.70. The second-order valence-corrected chi connectivity index (χ2v) is 7.99. The van der Waals surface area contributed by atoms with Crippen LogP contribution >= 0.6 is 0 Å². The van der Waals surface area contributed by atoms with E-state index in [1.54, 1.807) is 6.92 Å². The van der Waals surface area contributed by atoms with Gasteiger partial charge in [-0.1, -0.05) is 18.2 Å². The Kier molecular flexibility index (Phi) is 4.07. The predicted octanol–water partition coefficient (Wildman–Crippen LogP) is 1.77. The summed E-state index contributed by atoms with van der Waals surface area (Å²) in [6, 6.07) is 8.22. The van der Waals surface area contributed by atoms with E-state index in [2.05, 4.69) is 24.1 Å². The van der Waals surface area contributed by atoms with Crippen LogP contribution in [0.15, 0.2) is 24.3 Å². The lowest BCUT2D eigenvalue weighted by Crippen LogP contribution is -2.48. The van der Waals surface area contributed by atoms with Gasteiger partial charge in [-0.15, -0.1) is 0 Å². The van der Waals surface area contributed by atoms with Crippen molar-refractivity contribution in [1.29, 1.82) is 0 Å². The summed E-state index contributed by atoms with van der Waals surface area (Å²) in [7, 11) is 2.14. The molecule has 134 valence electrons.